The van der Waals surface area contributed by atoms with Crippen LogP contribution in [0.4, 0.5) is 13.2 Å². The Morgan fingerprint density at radius 1 is 0.419 bits per heavy atom. The highest BCUT2D eigenvalue weighted by Gasteiger charge is 2.32. The Bertz CT molecular complexity index is 3630. The van der Waals surface area contributed by atoms with Gasteiger partial charge in [-0.25, -0.2) is 0 Å². The number of nitriles is 4. The van der Waals surface area contributed by atoms with Gasteiger partial charge >= 0.3 is 6.18 Å². The molecule has 3 aromatic heterocycles. The third-order valence-electron chi connectivity index (χ3n) is 11.3. The van der Waals surface area contributed by atoms with Crippen molar-refractivity contribution in [2.24, 2.45) is 0 Å². The highest BCUT2D eigenvalue weighted by Crippen LogP contribution is 2.44. The largest absolute Gasteiger partial charge is 0.416 e. The minimum absolute atomic E-state index is 0.292. The van der Waals surface area contributed by atoms with Gasteiger partial charge in [0.1, 0.15) is 0 Å². The van der Waals surface area contributed by atoms with E-state index in [1.165, 1.54) is 18.2 Å². The minimum atomic E-state index is -4.65. The molecule has 290 valence electrons. The smallest absolute Gasteiger partial charge is 0.309 e. The Hall–Kier alpha value is -8.96. The number of hydrogen-bond acceptors (Lipinski definition) is 5. The van der Waals surface area contributed by atoms with Crippen molar-refractivity contribution < 1.29 is 13.2 Å². The predicted molar refractivity (Wildman–Crippen MR) is 233 cm³/mol. The number of para-hydroxylation sites is 2. The van der Waals surface area contributed by atoms with Crippen LogP contribution < -0.4 is 0 Å². The number of pyridine rings is 1. The van der Waals surface area contributed by atoms with Crippen LogP contribution in [0.3, 0.4) is 0 Å². The number of halogens is 3. The fourth-order valence-electron chi connectivity index (χ4n) is 8.58. The van der Waals surface area contributed by atoms with Gasteiger partial charge in [-0.05, 0) is 113 Å². The predicted octanol–water partition coefficient (Wildman–Crippen LogP) is 12.8. The molecule has 10 rings (SSSR count). The number of rotatable bonds is 5. The van der Waals surface area contributed by atoms with Crippen molar-refractivity contribution in [3.05, 3.63) is 186 Å². The van der Waals surface area contributed by atoms with Gasteiger partial charge in [-0.3, -0.25) is 4.98 Å². The lowest BCUT2D eigenvalue weighted by atomic mass is 9.98. The highest BCUT2D eigenvalue weighted by molar-refractivity contribution is 6.12. The van der Waals surface area contributed by atoms with Crippen molar-refractivity contribution >= 4 is 43.6 Å². The Morgan fingerprint density at radius 2 is 0.887 bits per heavy atom. The quantitative estimate of drug-likeness (QED) is 0.172. The van der Waals surface area contributed by atoms with Crippen LogP contribution in [0.15, 0.2) is 158 Å². The SMILES string of the molecule is N#Cc1cc(C#N)cc(-c2ccc3c(c2)c2ccccc2n3-c2ccncc2-c2ccc(C(F)(F)F)cc2-n2c3ccccc3c3cc(-c4cc(C#N)cc(C#N)c4)ccc32)c1. The molecular formula is C52H26F3N7. The van der Waals surface area contributed by atoms with E-state index in [0.717, 1.165) is 55.3 Å². The van der Waals surface area contributed by atoms with Crippen molar-refractivity contribution in [2.75, 3.05) is 0 Å². The van der Waals surface area contributed by atoms with Gasteiger partial charge in [0.25, 0.3) is 0 Å². The van der Waals surface area contributed by atoms with Crippen molar-refractivity contribution in [1.29, 1.82) is 21.0 Å². The molecule has 7 nitrogen and oxygen atoms in total. The maximum Gasteiger partial charge on any atom is 0.416 e. The third kappa shape index (κ3) is 6.08. The van der Waals surface area contributed by atoms with Crippen LogP contribution in [-0.2, 0) is 6.18 Å². The second-order valence-electron chi connectivity index (χ2n) is 14.8. The number of benzene rings is 7. The van der Waals surface area contributed by atoms with E-state index in [2.05, 4.69) is 33.8 Å². The molecule has 0 amide bonds. The van der Waals surface area contributed by atoms with Crippen molar-refractivity contribution in [3.8, 4) is 69.0 Å². The number of alkyl halides is 3. The van der Waals surface area contributed by atoms with Crippen LogP contribution in [0.5, 0.6) is 0 Å². The van der Waals surface area contributed by atoms with E-state index in [9.17, 15) is 34.2 Å². The van der Waals surface area contributed by atoms with E-state index in [4.69, 9.17) is 0 Å². The summed E-state index contributed by atoms with van der Waals surface area (Å²) in [7, 11) is 0. The Morgan fingerprint density at radius 3 is 1.37 bits per heavy atom. The van der Waals surface area contributed by atoms with E-state index >= 15 is 0 Å². The van der Waals surface area contributed by atoms with Crippen molar-refractivity contribution in [3.63, 3.8) is 0 Å². The fourth-order valence-corrected chi connectivity index (χ4v) is 8.58. The molecule has 0 unspecified atom stereocenters. The molecule has 0 saturated heterocycles. The molecule has 7 aromatic carbocycles. The van der Waals surface area contributed by atoms with E-state index in [-0.39, 0.29) is 0 Å². The summed E-state index contributed by atoms with van der Waals surface area (Å²) in [5.74, 6) is 0. The molecule has 0 aliphatic rings. The summed E-state index contributed by atoms with van der Waals surface area (Å²) in [5.41, 5.74) is 8.64. The van der Waals surface area contributed by atoms with Crippen LogP contribution in [0, 0.1) is 45.3 Å². The molecule has 0 atom stereocenters. The molecule has 10 aromatic rings. The lowest BCUT2D eigenvalue weighted by molar-refractivity contribution is -0.137. The van der Waals surface area contributed by atoms with Crippen LogP contribution >= 0.6 is 0 Å². The fraction of sp³-hybridized carbons (Fsp3) is 0.0192. The molecule has 0 spiro atoms. The summed E-state index contributed by atoms with van der Waals surface area (Å²) in [6, 6.07) is 51.2. The minimum Gasteiger partial charge on any atom is -0.309 e. The van der Waals surface area contributed by atoms with Crippen LogP contribution in [0.2, 0.25) is 0 Å². The zero-order chi connectivity index (χ0) is 42.7. The van der Waals surface area contributed by atoms with Gasteiger partial charge < -0.3 is 9.13 Å². The topological polar surface area (TPSA) is 118 Å². The van der Waals surface area contributed by atoms with Crippen molar-refractivity contribution in [2.45, 2.75) is 6.18 Å². The second kappa shape index (κ2) is 14.4. The van der Waals surface area contributed by atoms with E-state index < -0.39 is 11.7 Å². The molecule has 0 radical (unpaired) electrons. The molecule has 0 bridgehead atoms. The van der Waals surface area contributed by atoms with Gasteiger partial charge in [-0.15, -0.1) is 0 Å². The van der Waals surface area contributed by atoms with Crippen molar-refractivity contribution in [1.82, 2.24) is 14.1 Å². The first-order chi connectivity index (χ1) is 30.2. The Kier molecular flexibility index (Phi) is 8.67. The average Bonchev–Trinajstić information content (AvgIpc) is 3.82. The highest BCUT2D eigenvalue weighted by atomic mass is 19.4. The molecule has 3 heterocycles. The summed E-state index contributed by atoms with van der Waals surface area (Å²) in [5, 5.41) is 42.1. The third-order valence-corrected chi connectivity index (χ3v) is 11.3. The first-order valence-corrected chi connectivity index (χ1v) is 19.3. The maximum absolute atomic E-state index is 14.7. The van der Waals surface area contributed by atoms with Gasteiger partial charge in [0, 0.05) is 45.1 Å². The summed E-state index contributed by atoms with van der Waals surface area (Å²) < 4.78 is 48.1. The van der Waals surface area contributed by atoms with Crippen LogP contribution in [0.1, 0.15) is 27.8 Å². The summed E-state index contributed by atoms with van der Waals surface area (Å²) in [6.07, 6.45) is -1.31. The van der Waals surface area contributed by atoms with Gasteiger partial charge in [-0.1, -0.05) is 54.6 Å². The average molecular weight is 806 g/mol. The first-order valence-electron chi connectivity index (χ1n) is 19.3. The Balaban J connectivity index is 1.22. The number of fused-ring (bicyclic) bond motifs is 6. The number of aromatic nitrogens is 3. The summed E-state index contributed by atoms with van der Waals surface area (Å²) >= 11 is 0. The zero-order valence-electron chi connectivity index (χ0n) is 32.3. The molecule has 0 aliphatic carbocycles. The van der Waals surface area contributed by atoms with E-state index in [0.29, 0.717) is 61.4 Å². The first kappa shape index (κ1) is 37.3. The van der Waals surface area contributed by atoms with E-state index in [1.807, 2.05) is 95.6 Å². The molecule has 0 fully saturated rings. The van der Waals surface area contributed by atoms with Gasteiger partial charge in [0.15, 0.2) is 0 Å². The Labute approximate surface area is 351 Å². The maximum atomic E-state index is 14.7. The van der Waals surface area contributed by atoms with Gasteiger partial charge in [0.2, 0.25) is 0 Å². The summed E-state index contributed by atoms with van der Waals surface area (Å²) in [4.78, 5) is 4.53. The van der Waals surface area contributed by atoms with E-state index in [1.54, 1.807) is 42.7 Å². The molecule has 0 N–H and O–H groups in total. The molecule has 0 aliphatic heterocycles. The van der Waals surface area contributed by atoms with Crippen LogP contribution in [0.25, 0.3) is 88.4 Å². The second-order valence-corrected chi connectivity index (χ2v) is 14.8. The van der Waals surface area contributed by atoms with Gasteiger partial charge in [0.05, 0.1) is 85.5 Å². The van der Waals surface area contributed by atoms with Crippen LogP contribution in [-0.4, -0.2) is 14.1 Å². The molecule has 62 heavy (non-hydrogen) atoms. The molecule has 0 saturated carbocycles. The number of hydrogen-bond donors (Lipinski definition) is 0. The molecule has 10 heteroatoms. The lowest BCUT2D eigenvalue weighted by Crippen LogP contribution is -2.08. The lowest BCUT2D eigenvalue weighted by Gasteiger charge is -2.20. The molecular weight excluding hydrogens is 780 g/mol. The van der Waals surface area contributed by atoms with Gasteiger partial charge in [-0.2, -0.15) is 34.2 Å². The standard InChI is InChI=1S/C52H26F3N7/c53-52(54,55)39-11-12-42(51(25-39)62-47-8-4-2-6-41(47)44-24-36(10-14-49(44)62)38-21-33(28-58)18-34(22-38)29-59)45-30-60-16-15-50(45)61-46-7-3-1-5-40(46)43-23-35(9-13-48(43)61)37-19-31(26-56)17-32(20-37)27-57/h1-25,30H. The summed E-state index contributed by atoms with van der Waals surface area (Å²) in [6.45, 7) is 0. The monoisotopic (exact) mass is 805 g/mol. The number of nitrogens with zero attached hydrogens (tertiary/aromatic N) is 7. The zero-order valence-corrected chi connectivity index (χ0v) is 32.3. The normalized spacial score (nSPS) is 11.4.